The highest BCUT2D eigenvalue weighted by atomic mass is 16.4. The number of aliphatic carboxylic acids is 2. The number of unbranched alkanes of at least 4 members (excludes halogenated alkanes) is 2. The molecule has 89 heavy (non-hydrogen) atoms. The number of nitrogens with one attached hydrogen (secondary N) is 8. The minimum absolute atomic E-state index is 0.0185. The van der Waals surface area contributed by atoms with Crippen LogP contribution in [-0.4, -0.2) is 185 Å². The molecule has 0 aliphatic carbocycles. The highest BCUT2D eigenvalue weighted by Gasteiger charge is 2.36. The molecule has 1 rings (SSSR count). The molecule has 9 atom stereocenters. The van der Waals surface area contributed by atoms with Crippen molar-refractivity contribution in [2.24, 2.45) is 78.2 Å². The Morgan fingerprint density at radius 3 is 1.10 bits per heavy atom. The highest BCUT2D eigenvalue weighted by molar-refractivity contribution is 5.98. The summed E-state index contributed by atoms with van der Waals surface area (Å²) in [5.74, 6) is -12.2. The molecule has 0 saturated carbocycles. The van der Waals surface area contributed by atoms with Gasteiger partial charge in [-0.1, -0.05) is 26.0 Å². The Kier molecular flexibility index (Phi) is 37.4. The van der Waals surface area contributed by atoms with E-state index in [1.54, 1.807) is 13.8 Å². The summed E-state index contributed by atoms with van der Waals surface area (Å²) in [7, 11) is 0. The molecular formula is C54H95N21O14. The van der Waals surface area contributed by atoms with Crippen LogP contribution in [0.4, 0.5) is 0 Å². The average molecular weight is 1260 g/mol. The molecule has 500 valence electrons. The van der Waals surface area contributed by atoms with E-state index in [-0.39, 0.29) is 146 Å². The molecule has 1 aromatic carbocycles. The molecule has 35 heteroatoms. The first-order valence-corrected chi connectivity index (χ1v) is 29.2. The van der Waals surface area contributed by atoms with Crippen LogP contribution in [0.3, 0.4) is 0 Å². The van der Waals surface area contributed by atoms with Crippen molar-refractivity contribution < 1.29 is 68.1 Å². The number of rotatable bonds is 46. The van der Waals surface area contributed by atoms with Gasteiger partial charge in [0.1, 0.15) is 54.1 Å². The predicted molar refractivity (Wildman–Crippen MR) is 329 cm³/mol. The van der Waals surface area contributed by atoms with Crippen LogP contribution in [0.2, 0.25) is 0 Å². The molecule has 0 radical (unpaired) electrons. The number of carbonyl (C=O) groups excluding carboxylic acids is 9. The van der Waals surface area contributed by atoms with Crippen molar-refractivity contribution in [1.82, 2.24) is 42.5 Å². The Hall–Kier alpha value is -9.12. The first-order chi connectivity index (χ1) is 42.0. The highest BCUT2D eigenvalue weighted by Crippen LogP contribution is 2.15. The van der Waals surface area contributed by atoms with Crippen LogP contribution < -0.4 is 99.9 Å². The molecule has 0 spiro atoms. The number of carboxylic acid groups (broad SMARTS) is 2. The van der Waals surface area contributed by atoms with E-state index >= 15 is 0 Å². The molecule has 0 unspecified atom stereocenters. The molecule has 9 amide bonds. The zero-order valence-corrected chi connectivity index (χ0v) is 50.6. The Balaban J connectivity index is 3.81. The van der Waals surface area contributed by atoms with E-state index in [4.69, 9.17) is 62.4 Å². The number of nitrogens with two attached hydrogens (primary N) is 10. The molecule has 35 nitrogen and oxygen atoms in total. The summed E-state index contributed by atoms with van der Waals surface area (Å²) in [5.41, 5.74) is 56.2. The van der Waals surface area contributed by atoms with Crippen LogP contribution in [0.25, 0.3) is 0 Å². The second kappa shape index (κ2) is 42.7. The number of primary amides is 1. The van der Waals surface area contributed by atoms with Gasteiger partial charge in [-0.05, 0) is 127 Å². The van der Waals surface area contributed by atoms with Crippen LogP contribution in [0.1, 0.15) is 122 Å². The Morgan fingerprint density at radius 1 is 0.438 bits per heavy atom. The zero-order valence-electron chi connectivity index (χ0n) is 50.6. The van der Waals surface area contributed by atoms with Crippen LogP contribution in [-0.2, 0) is 59.2 Å². The fourth-order valence-electron chi connectivity index (χ4n) is 8.62. The number of hydrogen-bond donors (Lipinski definition) is 21. The first kappa shape index (κ1) is 77.9. The van der Waals surface area contributed by atoms with Gasteiger partial charge in [0.05, 0.1) is 12.5 Å². The summed E-state index contributed by atoms with van der Waals surface area (Å²) in [4.78, 5) is 160. The van der Waals surface area contributed by atoms with E-state index in [9.17, 15) is 63.0 Å². The molecule has 0 bridgehead atoms. The number of nitrogens with zero attached hydrogens (tertiary/aromatic N) is 3. The SMILES string of the molecule is CC(C)C[C@H](NC(=O)[C@H](CCCN=C(N)N)NC(=O)[C@@H](N)CCC(=O)O)C(=O)N[C@@H](CCCCN)C(=O)N[C@@H](CCCN=C(N)N)C(=O)N[C@@H](CCCCN)C(=O)N[C@@H](Cc1ccc(O)cc1)C(=O)N[C@@H](CCCN=C(N)N)C(=O)N[C@@H](CC(N)=O)C(=O)O. The number of guanidine groups is 3. The maximum absolute atomic E-state index is 14.6. The smallest absolute Gasteiger partial charge is 0.326 e. The predicted octanol–water partition coefficient (Wildman–Crippen LogP) is -6.57. The minimum atomic E-state index is -1.79. The van der Waals surface area contributed by atoms with Crippen molar-refractivity contribution in [1.29, 1.82) is 0 Å². The lowest BCUT2D eigenvalue weighted by molar-refractivity contribution is -0.143. The number of phenols is 1. The van der Waals surface area contributed by atoms with Crippen molar-refractivity contribution in [3.8, 4) is 5.75 Å². The lowest BCUT2D eigenvalue weighted by atomic mass is 10.0. The monoisotopic (exact) mass is 1260 g/mol. The van der Waals surface area contributed by atoms with Gasteiger partial charge in [0.2, 0.25) is 53.2 Å². The summed E-state index contributed by atoms with van der Waals surface area (Å²) in [5, 5.41) is 49.5. The van der Waals surface area contributed by atoms with Gasteiger partial charge in [-0.25, -0.2) is 4.79 Å². The third-order valence-corrected chi connectivity index (χ3v) is 13.3. The van der Waals surface area contributed by atoms with E-state index < -0.39 is 132 Å². The van der Waals surface area contributed by atoms with Crippen LogP contribution >= 0.6 is 0 Å². The van der Waals surface area contributed by atoms with Gasteiger partial charge in [0.15, 0.2) is 17.9 Å². The number of carbonyl (C=O) groups is 11. The lowest BCUT2D eigenvalue weighted by Gasteiger charge is -2.28. The molecule has 0 heterocycles. The summed E-state index contributed by atoms with van der Waals surface area (Å²) in [6, 6.07) is -7.58. The van der Waals surface area contributed by atoms with Gasteiger partial charge in [-0.3, -0.25) is 62.9 Å². The van der Waals surface area contributed by atoms with Gasteiger partial charge in [0.25, 0.3) is 0 Å². The Labute approximate surface area is 516 Å². The maximum Gasteiger partial charge on any atom is 0.326 e. The zero-order chi connectivity index (χ0) is 67.2. The largest absolute Gasteiger partial charge is 0.508 e. The van der Waals surface area contributed by atoms with Crippen LogP contribution in [0.15, 0.2) is 39.2 Å². The van der Waals surface area contributed by atoms with Crippen molar-refractivity contribution in [2.45, 2.75) is 177 Å². The van der Waals surface area contributed by atoms with Gasteiger partial charge in [-0.2, -0.15) is 0 Å². The molecule has 0 aliphatic rings. The lowest BCUT2D eigenvalue weighted by Crippen LogP contribution is -2.60. The van der Waals surface area contributed by atoms with Crippen molar-refractivity contribution in [3.63, 3.8) is 0 Å². The second-order valence-electron chi connectivity index (χ2n) is 21.5. The quantitative estimate of drug-likeness (QED) is 0.0164. The molecule has 1 aromatic rings. The van der Waals surface area contributed by atoms with E-state index in [2.05, 4.69) is 57.5 Å². The molecule has 0 aromatic heterocycles. The number of aliphatic imine (C=N–C) groups is 3. The molecule has 0 fully saturated rings. The second-order valence-corrected chi connectivity index (χ2v) is 21.5. The van der Waals surface area contributed by atoms with Crippen LogP contribution in [0.5, 0.6) is 5.75 Å². The number of benzene rings is 1. The number of hydrogen-bond acceptors (Lipinski definition) is 18. The first-order valence-electron chi connectivity index (χ1n) is 29.2. The summed E-state index contributed by atoms with van der Waals surface area (Å²) in [6.07, 6.45) is -0.679. The summed E-state index contributed by atoms with van der Waals surface area (Å²) in [6.45, 7) is 3.90. The summed E-state index contributed by atoms with van der Waals surface area (Å²) < 4.78 is 0. The van der Waals surface area contributed by atoms with Crippen molar-refractivity contribution >= 4 is 83.0 Å². The van der Waals surface area contributed by atoms with Crippen molar-refractivity contribution in [2.75, 3.05) is 32.7 Å². The Bertz CT molecular complexity index is 2560. The minimum Gasteiger partial charge on any atom is -0.508 e. The standard InChI is InChI=1S/C54H95N21O14/c1-29(2)26-38(73-47(84)35(12-7-23-65-52(59)60)68-43(80)32(57)19-20-42(78)79)49(86)71-33(10-3-5-21-55)44(81)70-36(13-8-24-66-53(61)62)45(82)69-34(11-4-6-22-56)46(83)74-39(27-30-15-17-31(76)18-16-30)50(87)72-37(14-9-25-67-54(63)64)48(85)75-40(51(88)89)28-41(58)77/h15-18,29,32-40,76H,3-14,19-28,55-57H2,1-2H3,(H2,58,77)(H,68,80)(H,69,82)(H,70,81)(H,71,86)(H,72,87)(H,73,84)(H,74,83)(H,75,85)(H,78,79)(H,88,89)(H4,59,60,65)(H4,61,62,66)(H4,63,64,67)/t32-,33-,34-,35-,36-,37-,38-,39-,40-/m0/s1. The van der Waals surface area contributed by atoms with E-state index in [1.165, 1.54) is 24.3 Å². The van der Waals surface area contributed by atoms with E-state index in [0.717, 1.165) is 0 Å². The normalized spacial score (nSPS) is 14.0. The van der Waals surface area contributed by atoms with Gasteiger partial charge in [0, 0.05) is 32.5 Å². The number of carboxylic acids is 2. The fourth-order valence-corrected chi connectivity index (χ4v) is 8.62. The molecule has 0 aliphatic heterocycles. The third-order valence-electron chi connectivity index (χ3n) is 13.3. The number of aromatic hydroxyl groups is 1. The summed E-state index contributed by atoms with van der Waals surface area (Å²) >= 11 is 0. The molecule has 31 N–H and O–H groups in total. The Morgan fingerprint density at radius 2 is 0.764 bits per heavy atom. The van der Waals surface area contributed by atoms with Crippen LogP contribution in [0, 0.1) is 5.92 Å². The van der Waals surface area contributed by atoms with E-state index in [0.29, 0.717) is 18.4 Å². The average Bonchev–Trinajstić information content (AvgIpc) is 3.66. The van der Waals surface area contributed by atoms with Crippen molar-refractivity contribution in [3.05, 3.63) is 29.8 Å². The molecular weight excluding hydrogens is 1170 g/mol. The topological polar surface area (TPSA) is 642 Å². The van der Waals surface area contributed by atoms with Gasteiger partial charge >= 0.3 is 11.9 Å². The van der Waals surface area contributed by atoms with E-state index in [1.807, 2.05) is 0 Å². The molecule has 0 saturated heterocycles. The van der Waals surface area contributed by atoms with Gasteiger partial charge < -0.3 is 115 Å². The fraction of sp³-hybridized carbons (Fsp3) is 0.630. The number of amides is 9. The third kappa shape index (κ3) is 34.1. The number of phenolic OH excluding ortho intramolecular Hbond substituents is 1. The maximum atomic E-state index is 14.6. The van der Waals surface area contributed by atoms with Gasteiger partial charge in [-0.15, -0.1) is 0 Å².